The van der Waals surface area contributed by atoms with Crippen LogP contribution in [0.2, 0.25) is 0 Å². The molecule has 0 aliphatic carbocycles. The molecule has 6 N–H and O–H groups in total. The highest BCUT2D eigenvalue weighted by Crippen LogP contribution is 2.26. The van der Waals surface area contributed by atoms with Crippen molar-refractivity contribution in [3.63, 3.8) is 0 Å². The minimum Gasteiger partial charge on any atom is -0.388 e. The number of unbranched alkanes of at least 4 members (excludes halogenated alkanes) is 1. The zero-order valence-corrected chi connectivity index (χ0v) is 22.1. The quantitative estimate of drug-likeness (QED) is 0.116. The molecule has 5 amide bonds. The Morgan fingerprint density at radius 3 is 2.25 bits per heavy atom. The summed E-state index contributed by atoms with van der Waals surface area (Å²) in [6.07, 6.45) is -5.72. The Hall–Kier alpha value is -3.18. The molecule has 0 aromatic heterocycles. The van der Waals surface area contributed by atoms with Gasteiger partial charge in [-0.1, -0.05) is 0 Å². The maximum absolute atomic E-state index is 13.0. The lowest BCUT2D eigenvalue weighted by Crippen LogP contribution is -2.57. The molecule has 16 nitrogen and oxygen atoms in total. The van der Waals surface area contributed by atoms with Crippen LogP contribution in [0.25, 0.3) is 0 Å². The Kier molecular flexibility index (Phi) is 10.9. The highest BCUT2D eigenvalue weighted by Gasteiger charge is 2.44. The number of carbonyl (C=O) groups is 6. The summed E-state index contributed by atoms with van der Waals surface area (Å²) < 4.78 is 10.7. The number of imide groups is 1. The number of nitrogens with two attached hydrogens (primary N) is 1. The summed E-state index contributed by atoms with van der Waals surface area (Å²) in [5.41, 5.74) is 5.45. The first-order valence-corrected chi connectivity index (χ1v) is 13.2. The first kappa shape index (κ1) is 31.3. The zero-order valence-electron chi connectivity index (χ0n) is 22.1. The third-order valence-corrected chi connectivity index (χ3v) is 7.02. The van der Waals surface area contributed by atoms with E-state index in [1.165, 1.54) is 6.92 Å². The second-order valence-corrected chi connectivity index (χ2v) is 9.91. The SMILES string of the molecule is C[C@@H]1O[C@@H](OCCNC(=O)[C@H]2CC[C@H](C(N)=O)N2C(=O)CCCCC(=O)ON2C(=O)CCC2=O)[C@@H](O)[C@H](O)[C@@H]1O. The average molecular weight is 573 g/mol. The molecule has 3 saturated heterocycles. The summed E-state index contributed by atoms with van der Waals surface area (Å²) in [7, 11) is 0. The number of amides is 5. The molecule has 224 valence electrons. The Morgan fingerprint density at radius 2 is 1.60 bits per heavy atom. The second-order valence-electron chi connectivity index (χ2n) is 9.91. The van der Waals surface area contributed by atoms with Crippen LogP contribution in [0.15, 0.2) is 0 Å². The summed E-state index contributed by atoms with van der Waals surface area (Å²) in [5, 5.41) is 32.6. The summed E-state index contributed by atoms with van der Waals surface area (Å²) >= 11 is 0. The number of hydrogen-bond acceptors (Lipinski definition) is 12. The number of rotatable bonds is 12. The van der Waals surface area contributed by atoms with Gasteiger partial charge in [-0.3, -0.25) is 24.0 Å². The molecule has 0 spiro atoms. The predicted molar refractivity (Wildman–Crippen MR) is 130 cm³/mol. The van der Waals surface area contributed by atoms with Crippen molar-refractivity contribution >= 4 is 35.5 Å². The van der Waals surface area contributed by atoms with Gasteiger partial charge in [0.2, 0.25) is 17.7 Å². The summed E-state index contributed by atoms with van der Waals surface area (Å²) in [5.74, 6) is -3.78. The Morgan fingerprint density at radius 1 is 0.975 bits per heavy atom. The Balaban J connectivity index is 1.44. The number of likely N-dealkylation sites (tertiary alicyclic amines) is 1. The van der Waals surface area contributed by atoms with E-state index in [4.69, 9.17) is 20.0 Å². The molecule has 0 radical (unpaired) electrons. The van der Waals surface area contributed by atoms with Crippen LogP contribution in [-0.4, -0.2) is 117 Å². The minimum absolute atomic E-state index is 0.0221. The van der Waals surface area contributed by atoms with E-state index in [0.29, 0.717) is 5.06 Å². The third kappa shape index (κ3) is 7.51. The normalized spacial score (nSPS) is 30.4. The summed E-state index contributed by atoms with van der Waals surface area (Å²) in [6.45, 7) is 1.35. The highest BCUT2D eigenvalue weighted by molar-refractivity contribution is 6.01. The fourth-order valence-corrected chi connectivity index (χ4v) is 4.79. The first-order valence-electron chi connectivity index (χ1n) is 13.2. The maximum atomic E-state index is 13.0. The molecule has 3 rings (SSSR count). The van der Waals surface area contributed by atoms with Crippen LogP contribution in [-0.2, 0) is 43.1 Å². The number of primary amides is 1. The van der Waals surface area contributed by atoms with Gasteiger partial charge in [-0.2, -0.15) is 0 Å². The van der Waals surface area contributed by atoms with Gasteiger partial charge in [0.15, 0.2) is 6.29 Å². The van der Waals surface area contributed by atoms with E-state index in [-0.39, 0.29) is 64.5 Å². The molecule has 3 aliphatic rings. The van der Waals surface area contributed by atoms with E-state index in [0.717, 1.165) is 4.90 Å². The molecule has 16 heteroatoms. The largest absolute Gasteiger partial charge is 0.388 e. The monoisotopic (exact) mass is 572 g/mol. The molecule has 0 saturated carbocycles. The van der Waals surface area contributed by atoms with E-state index in [1.807, 2.05) is 0 Å². The molecule has 3 fully saturated rings. The molecule has 3 heterocycles. The number of hydrogen-bond donors (Lipinski definition) is 5. The van der Waals surface area contributed by atoms with Crippen LogP contribution in [0.1, 0.15) is 58.3 Å². The van der Waals surface area contributed by atoms with Crippen molar-refractivity contribution in [2.24, 2.45) is 5.73 Å². The van der Waals surface area contributed by atoms with Crippen LogP contribution in [0.4, 0.5) is 0 Å². The van der Waals surface area contributed by atoms with Crippen molar-refractivity contribution in [1.82, 2.24) is 15.3 Å². The highest BCUT2D eigenvalue weighted by atomic mass is 16.7. The summed E-state index contributed by atoms with van der Waals surface area (Å²) in [6, 6.07) is -1.94. The van der Waals surface area contributed by atoms with E-state index >= 15 is 0 Å². The fourth-order valence-electron chi connectivity index (χ4n) is 4.79. The molecule has 0 aromatic rings. The molecular formula is C24H36N4O12. The van der Waals surface area contributed by atoms with Gasteiger partial charge in [0.1, 0.15) is 30.4 Å². The standard InChI is InChI=1S/C24H36N4O12/c1-12-19(33)20(34)21(35)24(39-12)38-11-10-26-23(37)14-7-6-13(22(25)36)27(14)15(29)4-2-3-5-18(32)40-28-16(30)8-9-17(28)31/h12-14,19-21,24,33-35H,2-11H2,1H3,(H2,25,36)(H,26,37)/t12-,13+,14+,19+,20+,21-,24+/m0/s1. The molecule has 0 aromatic carbocycles. The molecule has 40 heavy (non-hydrogen) atoms. The molecule has 0 bridgehead atoms. The van der Waals surface area contributed by atoms with Crippen LogP contribution < -0.4 is 11.1 Å². The van der Waals surface area contributed by atoms with Gasteiger partial charge in [0.25, 0.3) is 11.8 Å². The van der Waals surface area contributed by atoms with Gasteiger partial charge in [-0.25, -0.2) is 4.79 Å². The number of carbonyl (C=O) groups excluding carboxylic acids is 6. The lowest BCUT2D eigenvalue weighted by atomic mass is 10.0. The van der Waals surface area contributed by atoms with Crippen LogP contribution in [0.3, 0.4) is 0 Å². The van der Waals surface area contributed by atoms with Gasteiger partial charge < -0.3 is 45.6 Å². The van der Waals surface area contributed by atoms with Gasteiger partial charge in [0.05, 0.1) is 12.7 Å². The van der Waals surface area contributed by atoms with E-state index < -0.39 is 78.3 Å². The van der Waals surface area contributed by atoms with Crippen molar-refractivity contribution in [2.75, 3.05) is 13.2 Å². The first-order chi connectivity index (χ1) is 18.9. The fraction of sp³-hybridized carbons (Fsp3) is 0.750. The molecule has 7 atom stereocenters. The van der Waals surface area contributed by atoms with Crippen LogP contribution >= 0.6 is 0 Å². The number of aliphatic hydroxyl groups is 3. The van der Waals surface area contributed by atoms with E-state index in [2.05, 4.69) is 5.32 Å². The second kappa shape index (κ2) is 13.9. The lowest BCUT2D eigenvalue weighted by molar-refractivity contribution is -0.292. The van der Waals surface area contributed by atoms with Gasteiger partial charge >= 0.3 is 5.97 Å². The van der Waals surface area contributed by atoms with E-state index in [9.17, 15) is 44.1 Å². The van der Waals surface area contributed by atoms with Crippen LogP contribution in [0, 0.1) is 0 Å². The minimum atomic E-state index is -1.49. The summed E-state index contributed by atoms with van der Waals surface area (Å²) in [4.78, 5) is 78.6. The third-order valence-electron chi connectivity index (χ3n) is 7.02. The van der Waals surface area contributed by atoms with Gasteiger partial charge in [-0.05, 0) is 32.6 Å². The van der Waals surface area contributed by atoms with Crippen molar-refractivity contribution in [3.05, 3.63) is 0 Å². The van der Waals surface area contributed by atoms with Crippen LogP contribution in [0.5, 0.6) is 0 Å². The van der Waals surface area contributed by atoms with Crippen molar-refractivity contribution in [1.29, 1.82) is 0 Å². The Labute approximate surface area is 229 Å². The molecule has 0 unspecified atom stereocenters. The van der Waals surface area contributed by atoms with Gasteiger partial charge in [0, 0.05) is 32.2 Å². The average Bonchev–Trinajstić information content (AvgIpc) is 3.50. The van der Waals surface area contributed by atoms with Gasteiger partial charge in [-0.15, -0.1) is 5.06 Å². The van der Waals surface area contributed by atoms with Crippen molar-refractivity contribution < 1.29 is 58.4 Å². The number of hydroxylamine groups is 2. The molecular weight excluding hydrogens is 536 g/mol. The Bertz CT molecular complexity index is 977. The smallest absolute Gasteiger partial charge is 0.333 e. The maximum Gasteiger partial charge on any atom is 0.333 e. The zero-order chi connectivity index (χ0) is 29.6. The number of nitrogens with one attached hydrogen (secondary N) is 1. The topological polar surface area (TPSA) is 235 Å². The molecule has 3 aliphatic heterocycles. The predicted octanol–water partition coefficient (Wildman–Crippen LogP) is -3.04. The lowest BCUT2D eigenvalue weighted by Gasteiger charge is -2.38. The van der Waals surface area contributed by atoms with Crippen molar-refractivity contribution in [3.8, 4) is 0 Å². The van der Waals surface area contributed by atoms with E-state index in [1.54, 1.807) is 0 Å². The number of aliphatic hydroxyl groups excluding tert-OH is 3. The van der Waals surface area contributed by atoms with Crippen molar-refractivity contribution in [2.45, 2.75) is 101 Å². The number of nitrogens with zero attached hydrogens (tertiary/aromatic N) is 2. The number of ether oxygens (including phenoxy) is 2.